The lowest BCUT2D eigenvalue weighted by molar-refractivity contribution is 0.0302. The molecule has 1 aliphatic rings. The molecule has 23 heavy (non-hydrogen) atoms. The number of hydrogen-bond acceptors (Lipinski definition) is 4. The Morgan fingerprint density at radius 2 is 1.83 bits per heavy atom. The Kier molecular flexibility index (Phi) is 4.34. The molecular formula is C17H21N3O3. The number of ether oxygens (including phenoxy) is 2. The molecule has 0 atom stereocenters. The number of carbonyl (C=O) groups excluding carboxylic acids is 1. The summed E-state index contributed by atoms with van der Waals surface area (Å²) in [5.41, 5.74) is 3.19. The predicted molar refractivity (Wildman–Crippen MR) is 86.3 cm³/mol. The monoisotopic (exact) mass is 315 g/mol. The van der Waals surface area contributed by atoms with Crippen molar-refractivity contribution in [1.82, 2.24) is 14.7 Å². The van der Waals surface area contributed by atoms with Crippen molar-refractivity contribution in [2.24, 2.45) is 0 Å². The van der Waals surface area contributed by atoms with Crippen LogP contribution in [-0.2, 0) is 4.74 Å². The third-order valence-electron chi connectivity index (χ3n) is 4.12. The van der Waals surface area contributed by atoms with E-state index in [2.05, 4.69) is 5.10 Å². The van der Waals surface area contributed by atoms with Crippen molar-refractivity contribution >= 4 is 5.91 Å². The molecule has 0 bridgehead atoms. The van der Waals surface area contributed by atoms with E-state index < -0.39 is 0 Å². The van der Waals surface area contributed by atoms with Crippen LogP contribution in [0.25, 0.3) is 5.69 Å². The van der Waals surface area contributed by atoms with Crippen molar-refractivity contribution < 1.29 is 14.3 Å². The number of carbonyl (C=O) groups is 1. The van der Waals surface area contributed by atoms with Crippen molar-refractivity contribution in [2.75, 3.05) is 33.4 Å². The lowest BCUT2D eigenvalue weighted by Crippen LogP contribution is -2.41. The molecule has 2 aromatic rings. The van der Waals surface area contributed by atoms with Crippen LogP contribution in [0, 0.1) is 13.8 Å². The van der Waals surface area contributed by atoms with E-state index in [1.54, 1.807) is 7.11 Å². The molecule has 1 aromatic heterocycles. The summed E-state index contributed by atoms with van der Waals surface area (Å²) in [6.07, 6.45) is 0. The second-order valence-corrected chi connectivity index (χ2v) is 5.56. The Labute approximate surface area is 135 Å². The highest BCUT2D eigenvalue weighted by atomic mass is 16.5. The quantitative estimate of drug-likeness (QED) is 0.869. The summed E-state index contributed by atoms with van der Waals surface area (Å²) in [7, 11) is 1.64. The summed E-state index contributed by atoms with van der Waals surface area (Å²) in [5, 5.41) is 4.55. The van der Waals surface area contributed by atoms with Crippen LogP contribution in [0.2, 0.25) is 0 Å². The van der Waals surface area contributed by atoms with Crippen LogP contribution in [0.3, 0.4) is 0 Å². The standard InChI is InChI=1S/C17H21N3O3/c1-12-16(17(21)19-8-10-23-11-9-19)13(2)20(18-12)14-4-6-15(22-3)7-5-14/h4-7H,8-11H2,1-3H3. The van der Waals surface area contributed by atoms with Crippen LogP contribution in [0.15, 0.2) is 24.3 Å². The van der Waals surface area contributed by atoms with E-state index in [0.29, 0.717) is 31.9 Å². The molecule has 0 aliphatic carbocycles. The fraction of sp³-hybridized carbons (Fsp3) is 0.412. The summed E-state index contributed by atoms with van der Waals surface area (Å²) < 4.78 is 12.3. The lowest BCUT2D eigenvalue weighted by Gasteiger charge is -2.26. The number of hydrogen-bond donors (Lipinski definition) is 0. The van der Waals surface area contributed by atoms with Gasteiger partial charge in [0, 0.05) is 13.1 Å². The Morgan fingerprint density at radius 3 is 2.43 bits per heavy atom. The van der Waals surface area contributed by atoms with Crippen molar-refractivity contribution in [2.45, 2.75) is 13.8 Å². The summed E-state index contributed by atoms with van der Waals surface area (Å²) in [6.45, 7) is 6.25. The van der Waals surface area contributed by atoms with E-state index in [0.717, 1.165) is 22.8 Å². The molecule has 1 aromatic carbocycles. The van der Waals surface area contributed by atoms with Gasteiger partial charge in [0.15, 0.2) is 0 Å². The van der Waals surface area contributed by atoms with E-state index in [9.17, 15) is 4.79 Å². The number of morpholine rings is 1. The van der Waals surface area contributed by atoms with Gasteiger partial charge in [-0.25, -0.2) is 4.68 Å². The Bertz CT molecular complexity index is 701. The maximum Gasteiger partial charge on any atom is 0.257 e. The number of amides is 1. The first-order valence-electron chi connectivity index (χ1n) is 7.69. The highest BCUT2D eigenvalue weighted by molar-refractivity contribution is 5.96. The predicted octanol–water partition coefficient (Wildman–Crippen LogP) is 1.97. The molecule has 6 heteroatoms. The van der Waals surface area contributed by atoms with Gasteiger partial charge < -0.3 is 14.4 Å². The number of methoxy groups -OCH3 is 1. The number of aryl methyl sites for hydroxylation is 1. The highest BCUT2D eigenvalue weighted by Crippen LogP contribution is 2.21. The Morgan fingerprint density at radius 1 is 1.17 bits per heavy atom. The molecule has 0 spiro atoms. The number of aromatic nitrogens is 2. The first-order valence-corrected chi connectivity index (χ1v) is 7.69. The SMILES string of the molecule is COc1ccc(-n2nc(C)c(C(=O)N3CCOCC3)c2C)cc1. The van der Waals surface area contributed by atoms with E-state index in [1.807, 2.05) is 47.7 Å². The van der Waals surface area contributed by atoms with Gasteiger partial charge in [-0.1, -0.05) is 0 Å². The largest absolute Gasteiger partial charge is 0.497 e. The highest BCUT2D eigenvalue weighted by Gasteiger charge is 2.25. The summed E-state index contributed by atoms with van der Waals surface area (Å²) in [6, 6.07) is 7.63. The minimum Gasteiger partial charge on any atom is -0.497 e. The van der Waals surface area contributed by atoms with Crippen molar-refractivity contribution in [1.29, 1.82) is 0 Å². The number of benzene rings is 1. The first-order chi connectivity index (χ1) is 11.1. The third-order valence-corrected chi connectivity index (χ3v) is 4.12. The van der Waals surface area contributed by atoms with Gasteiger partial charge in [-0.3, -0.25) is 4.79 Å². The second-order valence-electron chi connectivity index (χ2n) is 5.56. The van der Waals surface area contributed by atoms with E-state index in [1.165, 1.54) is 0 Å². The molecule has 6 nitrogen and oxygen atoms in total. The molecule has 0 unspecified atom stereocenters. The van der Waals surface area contributed by atoms with Crippen LogP contribution < -0.4 is 4.74 Å². The maximum atomic E-state index is 12.8. The molecular weight excluding hydrogens is 294 g/mol. The molecule has 2 heterocycles. The van der Waals surface area contributed by atoms with Crippen LogP contribution in [-0.4, -0.2) is 54.0 Å². The van der Waals surface area contributed by atoms with Crippen LogP contribution >= 0.6 is 0 Å². The Balaban J connectivity index is 1.93. The third kappa shape index (κ3) is 2.94. The van der Waals surface area contributed by atoms with Gasteiger partial charge in [0.25, 0.3) is 5.91 Å². The smallest absolute Gasteiger partial charge is 0.257 e. The Hall–Kier alpha value is -2.34. The van der Waals surface area contributed by atoms with Gasteiger partial charge in [-0.05, 0) is 38.1 Å². The van der Waals surface area contributed by atoms with Crippen molar-refractivity contribution in [3.8, 4) is 11.4 Å². The molecule has 3 rings (SSSR count). The molecule has 1 aliphatic heterocycles. The van der Waals surface area contributed by atoms with Crippen LogP contribution in [0.4, 0.5) is 0 Å². The van der Waals surface area contributed by atoms with Crippen LogP contribution in [0.1, 0.15) is 21.7 Å². The van der Waals surface area contributed by atoms with Crippen molar-refractivity contribution in [3.05, 3.63) is 41.2 Å². The zero-order chi connectivity index (χ0) is 16.4. The van der Waals surface area contributed by atoms with Crippen molar-refractivity contribution in [3.63, 3.8) is 0 Å². The van der Waals surface area contributed by atoms with Gasteiger partial charge in [0.1, 0.15) is 5.75 Å². The fourth-order valence-electron chi connectivity index (χ4n) is 2.85. The number of nitrogens with zero attached hydrogens (tertiary/aromatic N) is 3. The van der Waals surface area contributed by atoms with Gasteiger partial charge in [-0.2, -0.15) is 5.10 Å². The minimum atomic E-state index is 0.0306. The van der Waals surface area contributed by atoms with Gasteiger partial charge in [0.2, 0.25) is 0 Å². The second kappa shape index (κ2) is 6.42. The molecule has 1 amide bonds. The fourth-order valence-corrected chi connectivity index (χ4v) is 2.85. The summed E-state index contributed by atoms with van der Waals surface area (Å²) in [4.78, 5) is 14.6. The molecule has 122 valence electrons. The van der Waals surface area contributed by atoms with Gasteiger partial charge in [-0.15, -0.1) is 0 Å². The zero-order valence-electron chi connectivity index (χ0n) is 13.7. The molecule has 0 saturated carbocycles. The summed E-state index contributed by atoms with van der Waals surface area (Å²) in [5.74, 6) is 0.822. The zero-order valence-corrected chi connectivity index (χ0v) is 13.7. The van der Waals surface area contributed by atoms with E-state index in [-0.39, 0.29) is 5.91 Å². The average Bonchev–Trinajstić information content (AvgIpc) is 2.89. The molecule has 0 N–H and O–H groups in total. The number of rotatable bonds is 3. The van der Waals surface area contributed by atoms with Crippen LogP contribution in [0.5, 0.6) is 5.75 Å². The first kappa shape index (κ1) is 15.6. The summed E-state index contributed by atoms with van der Waals surface area (Å²) >= 11 is 0. The molecule has 0 radical (unpaired) electrons. The average molecular weight is 315 g/mol. The van der Waals surface area contributed by atoms with E-state index >= 15 is 0 Å². The molecule has 1 fully saturated rings. The normalized spacial score (nSPS) is 14.8. The minimum absolute atomic E-state index is 0.0306. The van der Waals surface area contributed by atoms with Gasteiger partial charge in [0.05, 0.1) is 43.0 Å². The molecule has 1 saturated heterocycles. The van der Waals surface area contributed by atoms with Gasteiger partial charge >= 0.3 is 0 Å². The lowest BCUT2D eigenvalue weighted by atomic mass is 10.1. The topological polar surface area (TPSA) is 56.6 Å². The maximum absolute atomic E-state index is 12.8. The van der Waals surface area contributed by atoms with E-state index in [4.69, 9.17) is 9.47 Å².